The molecule has 0 aliphatic rings. The maximum absolute atomic E-state index is 13.3. The van der Waals surface area contributed by atoms with Crippen molar-refractivity contribution in [3.8, 4) is 5.75 Å². The number of halogens is 5. The van der Waals surface area contributed by atoms with Gasteiger partial charge in [-0.05, 0) is 30.7 Å². The van der Waals surface area contributed by atoms with E-state index < -0.39 is 24.0 Å². The Morgan fingerprint density at radius 2 is 1.71 bits per heavy atom. The van der Waals surface area contributed by atoms with Gasteiger partial charge in [0, 0.05) is 0 Å². The molecule has 3 nitrogen and oxygen atoms in total. The highest BCUT2D eigenvalue weighted by molar-refractivity contribution is 5.81. The van der Waals surface area contributed by atoms with E-state index in [4.69, 9.17) is 0 Å². The fourth-order valence-corrected chi connectivity index (χ4v) is 1.28. The van der Waals surface area contributed by atoms with Gasteiger partial charge in [-0.1, -0.05) is 18.2 Å². The molecule has 0 radical (unpaired) electrons. The average Bonchev–Trinajstić information content (AvgIpc) is 2.36. The Morgan fingerprint density at radius 3 is 2.19 bits per heavy atom. The van der Waals surface area contributed by atoms with Crippen LogP contribution in [0.15, 0.2) is 30.3 Å². The molecule has 0 amide bonds. The average molecular weight is 310 g/mol. The molecule has 116 valence electrons. The molecule has 1 aromatic rings. The van der Waals surface area contributed by atoms with Gasteiger partial charge in [-0.2, -0.15) is 8.78 Å². The van der Waals surface area contributed by atoms with Crippen LogP contribution in [0.4, 0.5) is 22.0 Å². The fraction of sp³-hybridized carbons (Fsp3) is 0.308. The second-order valence-corrected chi connectivity index (χ2v) is 3.79. The first kappa shape index (κ1) is 16.9. The van der Waals surface area contributed by atoms with E-state index in [1.54, 1.807) is 0 Å². The number of alkyl halides is 5. The SMILES string of the molecule is CCOC(=O)C(F)(F)/C=C/c1ccc(OC(F)(F)F)cc1. The third-order valence-electron chi connectivity index (χ3n) is 2.15. The summed E-state index contributed by atoms with van der Waals surface area (Å²) >= 11 is 0. The van der Waals surface area contributed by atoms with Gasteiger partial charge in [0.15, 0.2) is 0 Å². The predicted octanol–water partition coefficient (Wildman–Crippen LogP) is 3.80. The monoisotopic (exact) mass is 310 g/mol. The zero-order valence-electron chi connectivity index (χ0n) is 10.8. The largest absolute Gasteiger partial charge is 0.573 e. The number of carbonyl (C=O) groups is 1. The van der Waals surface area contributed by atoms with Crippen molar-refractivity contribution in [3.05, 3.63) is 35.9 Å². The van der Waals surface area contributed by atoms with Gasteiger partial charge in [-0.25, -0.2) is 4.79 Å². The molecular weight excluding hydrogens is 299 g/mol. The molecule has 0 unspecified atom stereocenters. The molecule has 0 spiro atoms. The Hall–Kier alpha value is -2.12. The minimum Gasteiger partial charge on any atom is -0.461 e. The Kier molecular flexibility index (Phi) is 5.28. The van der Waals surface area contributed by atoms with Crippen molar-refractivity contribution in [1.82, 2.24) is 0 Å². The number of ether oxygens (including phenoxy) is 2. The van der Waals surface area contributed by atoms with Crippen LogP contribution in [0.25, 0.3) is 6.08 Å². The van der Waals surface area contributed by atoms with Crippen LogP contribution in [-0.2, 0) is 9.53 Å². The smallest absolute Gasteiger partial charge is 0.461 e. The highest BCUT2D eigenvalue weighted by Crippen LogP contribution is 2.24. The number of hydrogen-bond acceptors (Lipinski definition) is 3. The Labute approximate surface area is 117 Å². The lowest BCUT2D eigenvalue weighted by molar-refractivity contribution is -0.274. The minimum absolute atomic E-state index is 0.175. The second kappa shape index (κ2) is 6.55. The van der Waals surface area contributed by atoms with Gasteiger partial charge in [0.25, 0.3) is 0 Å². The quantitative estimate of drug-likeness (QED) is 0.613. The lowest BCUT2D eigenvalue weighted by Crippen LogP contribution is -2.28. The molecule has 0 aliphatic heterocycles. The van der Waals surface area contributed by atoms with E-state index in [9.17, 15) is 26.7 Å². The van der Waals surface area contributed by atoms with Crippen LogP contribution in [0.2, 0.25) is 0 Å². The van der Waals surface area contributed by atoms with Gasteiger partial charge < -0.3 is 9.47 Å². The van der Waals surface area contributed by atoms with E-state index in [0.717, 1.165) is 30.3 Å². The molecule has 0 saturated carbocycles. The zero-order valence-corrected chi connectivity index (χ0v) is 10.8. The molecule has 21 heavy (non-hydrogen) atoms. The van der Waals surface area contributed by atoms with Crippen molar-refractivity contribution in [2.24, 2.45) is 0 Å². The van der Waals surface area contributed by atoms with Crippen molar-refractivity contribution < 1.29 is 36.2 Å². The van der Waals surface area contributed by atoms with Crippen LogP contribution in [0.1, 0.15) is 12.5 Å². The van der Waals surface area contributed by atoms with Crippen molar-refractivity contribution >= 4 is 12.0 Å². The number of carbonyl (C=O) groups excluding carboxylic acids is 1. The van der Waals surface area contributed by atoms with Gasteiger partial charge in [0.05, 0.1) is 6.61 Å². The Bertz CT molecular complexity index is 506. The molecule has 0 atom stereocenters. The Balaban J connectivity index is 2.75. The van der Waals surface area contributed by atoms with Crippen LogP contribution < -0.4 is 4.74 Å². The summed E-state index contributed by atoms with van der Waals surface area (Å²) < 4.78 is 70.1. The van der Waals surface area contributed by atoms with Crippen molar-refractivity contribution in [1.29, 1.82) is 0 Å². The summed E-state index contributed by atoms with van der Waals surface area (Å²) in [5.74, 6) is -5.98. The zero-order chi connectivity index (χ0) is 16.1. The third kappa shape index (κ3) is 5.80. The molecule has 0 N–H and O–H groups in total. The van der Waals surface area contributed by atoms with Gasteiger partial charge in [-0.15, -0.1) is 13.2 Å². The molecule has 0 aromatic heterocycles. The summed E-state index contributed by atoms with van der Waals surface area (Å²) in [7, 11) is 0. The lowest BCUT2D eigenvalue weighted by Gasteiger charge is -2.10. The first-order chi connectivity index (χ1) is 9.64. The van der Waals surface area contributed by atoms with Crippen molar-refractivity contribution in [2.45, 2.75) is 19.2 Å². The number of hydrogen-bond donors (Lipinski definition) is 0. The predicted molar refractivity (Wildman–Crippen MR) is 63.7 cm³/mol. The summed E-state index contributed by atoms with van der Waals surface area (Å²) in [5, 5.41) is 0. The summed E-state index contributed by atoms with van der Waals surface area (Å²) in [5.41, 5.74) is 0.175. The third-order valence-corrected chi connectivity index (χ3v) is 2.15. The first-order valence-corrected chi connectivity index (χ1v) is 5.74. The second-order valence-electron chi connectivity index (χ2n) is 3.79. The summed E-state index contributed by atoms with van der Waals surface area (Å²) in [6.45, 7) is 1.20. The van der Waals surface area contributed by atoms with E-state index in [1.165, 1.54) is 6.92 Å². The van der Waals surface area contributed by atoms with Crippen molar-refractivity contribution in [2.75, 3.05) is 6.61 Å². The van der Waals surface area contributed by atoms with Crippen LogP contribution >= 0.6 is 0 Å². The van der Waals surface area contributed by atoms with E-state index in [2.05, 4.69) is 9.47 Å². The summed E-state index contributed by atoms with van der Waals surface area (Å²) in [6.07, 6.45) is -3.62. The van der Waals surface area contributed by atoms with Gasteiger partial charge in [0.1, 0.15) is 5.75 Å². The number of benzene rings is 1. The summed E-state index contributed by atoms with van der Waals surface area (Å²) in [6, 6.07) is 4.21. The first-order valence-electron chi connectivity index (χ1n) is 5.74. The van der Waals surface area contributed by atoms with Crippen LogP contribution in [-0.4, -0.2) is 24.9 Å². The summed E-state index contributed by atoms with van der Waals surface area (Å²) in [4.78, 5) is 10.9. The normalized spacial score (nSPS) is 12.5. The van der Waals surface area contributed by atoms with Gasteiger partial charge in [0.2, 0.25) is 0 Å². The van der Waals surface area contributed by atoms with Crippen LogP contribution in [0.3, 0.4) is 0 Å². The Morgan fingerprint density at radius 1 is 1.14 bits per heavy atom. The molecule has 0 fully saturated rings. The van der Waals surface area contributed by atoms with E-state index in [1.807, 2.05) is 0 Å². The molecule has 0 saturated heterocycles. The van der Waals surface area contributed by atoms with Gasteiger partial charge in [-0.3, -0.25) is 0 Å². The minimum atomic E-state index is -4.83. The molecule has 1 rings (SSSR count). The maximum atomic E-state index is 13.3. The van der Waals surface area contributed by atoms with Crippen molar-refractivity contribution in [3.63, 3.8) is 0 Å². The standard InChI is InChI=1S/C13H11F5O3/c1-2-20-11(19)12(14,15)8-7-9-3-5-10(6-4-9)21-13(16,17)18/h3-8H,2H2,1H3/b8-7+. The van der Waals surface area contributed by atoms with E-state index in [-0.39, 0.29) is 12.2 Å². The maximum Gasteiger partial charge on any atom is 0.573 e. The molecular formula is C13H11F5O3. The fourth-order valence-electron chi connectivity index (χ4n) is 1.28. The molecule has 0 aliphatic carbocycles. The highest BCUT2D eigenvalue weighted by Gasteiger charge is 2.37. The molecule has 0 heterocycles. The van der Waals surface area contributed by atoms with Crippen LogP contribution in [0, 0.1) is 0 Å². The van der Waals surface area contributed by atoms with Crippen LogP contribution in [0.5, 0.6) is 5.75 Å². The molecule has 8 heteroatoms. The molecule has 1 aromatic carbocycles. The molecule has 0 bridgehead atoms. The lowest BCUT2D eigenvalue weighted by atomic mass is 10.2. The van der Waals surface area contributed by atoms with Gasteiger partial charge >= 0.3 is 18.3 Å². The number of esters is 1. The van der Waals surface area contributed by atoms with E-state index in [0.29, 0.717) is 6.08 Å². The topological polar surface area (TPSA) is 35.5 Å². The highest BCUT2D eigenvalue weighted by atomic mass is 19.4. The number of rotatable bonds is 5. The van der Waals surface area contributed by atoms with E-state index >= 15 is 0 Å².